The zero-order valence-corrected chi connectivity index (χ0v) is 23.5. The molecule has 0 fully saturated rings. The van der Waals surface area contributed by atoms with Gasteiger partial charge in [0.15, 0.2) is 5.78 Å². The normalized spacial score (nSPS) is 31.5. The Bertz CT molecular complexity index is 811. The van der Waals surface area contributed by atoms with Crippen LogP contribution >= 0.6 is 0 Å². The number of carbonyl (C=O) groups is 2. The van der Waals surface area contributed by atoms with E-state index < -0.39 is 41.8 Å². The van der Waals surface area contributed by atoms with Gasteiger partial charge in [-0.15, -0.1) is 0 Å². The standard InChI is InChI=1S/C29H48O8/c1-8-24(36-7)21(5)16-23(31)27(34)18(2)10-9-11-19(3)28-20(4)12-13-25(32)29(6,35)15-14-22(30)17-26(33)37-28/h9-13,18,20-24,27-28,30-31,34-35H,8,14-17H2,1-7H3/b10-9+,13-12+,19-11+. The lowest BCUT2D eigenvalue weighted by atomic mass is 9.89. The van der Waals surface area contributed by atoms with Crippen molar-refractivity contribution in [3.63, 3.8) is 0 Å². The van der Waals surface area contributed by atoms with E-state index in [4.69, 9.17) is 9.47 Å². The fraction of sp³-hybridized carbons (Fsp3) is 0.724. The Kier molecular flexibility index (Phi) is 13.9. The van der Waals surface area contributed by atoms with Crippen molar-refractivity contribution in [1.29, 1.82) is 0 Å². The molecule has 0 aliphatic carbocycles. The molecule has 0 aromatic heterocycles. The molecule has 8 nitrogen and oxygen atoms in total. The molecule has 1 aliphatic heterocycles. The number of ether oxygens (including phenoxy) is 2. The highest BCUT2D eigenvalue weighted by molar-refractivity contribution is 5.96. The number of rotatable bonds is 10. The minimum atomic E-state index is -1.62. The average Bonchev–Trinajstić information content (AvgIpc) is 2.83. The third-order valence-corrected chi connectivity index (χ3v) is 7.29. The van der Waals surface area contributed by atoms with Crippen LogP contribution < -0.4 is 0 Å². The SMILES string of the molecule is CCC(OC)C(C)CC(O)C(O)C(C)/C=C/C=C(\C)C1OC(=O)CC(O)CCC(C)(O)C(=O)/C=C/C1C. The number of esters is 1. The monoisotopic (exact) mass is 524 g/mol. The van der Waals surface area contributed by atoms with Crippen LogP contribution in [-0.4, -0.2) is 75.4 Å². The maximum Gasteiger partial charge on any atom is 0.309 e. The van der Waals surface area contributed by atoms with E-state index in [1.165, 1.54) is 13.0 Å². The van der Waals surface area contributed by atoms with E-state index in [0.717, 1.165) is 6.42 Å². The number of hydrogen-bond acceptors (Lipinski definition) is 8. The van der Waals surface area contributed by atoms with E-state index in [-0.39, 0.29) is 43.1 Å². The van der Waals surface area contributed by atoms with Crippen LogP contribution in [0.5, 0.6) is 0 Å². The summed E-state index contributed by atoms with van der Waals surface area (Å²) in [6.45, 7) is 10.8. The van der Waals surface area contributed by atoms with E-state index in [1.807, 2.05) is 20.8 Å². The largest absolute Gasteiger partial charge is 0.457 e. The molecule has 37 heavy (non-hydrogen) atoms. The summed E-state index contributed by atoms with van der Waals surface area (Å²) >= 11 is 0. The Balaban J connectivity index is 2.98. The molecule has 0 spiro atoms. The minimum Gasteiger partial charge on any atom is -0.457 e. The Morgan fingerprint density at radius 3 is 2.54 bits per heavy atom. The van der Waals surface area contributed by atoms with Crippen LogP contribution in [0.4, 0.5) is 0 Å². The van der Waals surface area contributed by atoms with Crippen LogP contribution in [-0.2, 0) is 19.1 Å². The predicted octanol–water partition coefficient (Wildman–Crippen LogP) is 3.27. The lowest BCUT2D eigenvalue weighted by Gasteiger charge is -2.28. The number of aliphatic hydroxyl groups excluding tert-OH is 3. The maximum atomic E-state index is 12.5. The van der Waals surface area contributed by atoms with Crippen molar-refractivity contribution in [3.05, 3.63) is 36.0 Å². The smallest absolute Gasteiger partial charge is 0.309 e. The predicted molar refractivity (Wildman–Crippen MR) is 143 cm³/mol. The summed E-state index contributed by atoms with van der Waals surface area (Å²) in [5.74, 6) is -1.64. The van der Waals surface area contributed by atoms with E-state index in [1.54, 1.807) is 45.3 Å². The molecular formula is C29H48O8. The van der Waals surface area contributed by atoms with Gasteiger partial charge in [0.1, 0.15) is 11.7 Å². The van der Waals surface area contributed by atoms with Crippen LogP contribution in [0, 0.1) is 17.8 Å². The number of aliphatic hydroxyl groups is 4. The van der Waals surface area contributed by atoms with Crippen LogP contribution in [0.25, 0.3) is 0 Å². The average molecular weight is 525 g/mol. The van der Waals surface area contributed by atoms with Gasteiger partial charge in [-0.25, -0.2) is 0 Å². The van der Waals surface area contributed by atoms with Crippen LogP contribution in [0.2, 0.25) is 0 Å². The molecule has 4 N–H and O–H groups in total. The van der Waals surface area contributed by atoms with Crippen LogP contribution in [0.1, 0.15) is 73.6 Å². The van der Waals surface area contributed by atoms with Crippen molar-refractivity contribution >= 4 is 11.8 Å². The second kappa shape index (κ2) is 15.5. The van der Waals surface area contributed by atoms with Gasteiger partial charge in [-0.3, -0.25) is 9.59 Å². The summed E-state index contributed by atoms with van der Waals surface area (Å²) in [5.41, 5.74) is -0.918. The highest BCUT2D eigenvalue weighted by Crippen LogP contribution is 2.24. The van der Waals surface area contributed by atoms with Gasteiger partial charge in [0, 0.05) is 18.9 Å². The number of carbonyl (C=O) groups excluding carboxylic acids is 2. The molecule has 9 unspecified atom stereocenters. The number of ketones is 1. The third-order valence-electron chi connectivity index (χ3n) is 7.29. The van der Waals surface area contributed by atoms with Crippen molar-refractivity contribution in [2.75, 3.05) is 7.11 Å². The molecule has 0 bridgehead atoms. The Hall–Kier alpha value is -1.84. The maximum absolute atomic E-state index is 12.5. The number of allylic oxidation sites excluding steroid dienone is 2. The first kappa shape index (κ1) is 33.2. The molecule has 1 heterocycles. The molecule has 9 atom stereocenters. The summed E-state index contributed by atoms with van der Waals surface area (Å²) in [6.07, 6.45) is 5.78. The van der Waals surface area contributed by atoms with Crippen molar-refractivity contribution < 1.29 is 39.5 Å². The topological polar surface area (TPSA) is 134 Å². The Labute approximate surface area is 222 Å². The lowest BCUT2D eigenvalue weighted by molar-refractivity contribution is -0.151. The summed E-state index contributed by atoms with van der Waals surface area (Å²) in [6, 6.07) is 0. The quantitative estimate of drug-likeness (QED) is 0.253. The first-order valence-corrected chi connectivity index (χ1v) is 13.3. The summed E-state index contributed by atoms with van der Waals surface area (Å²) in [4.78, 5) is 24.9. The van der Waals surface area contributed by atoms with Gasteiger partial charge in [-0.05, 0) is 57.1 Å². The van der Waals surface area contributed by atoms with Crippen LogP contribution in [0.3, 0.4) is 0 Å². The Morgan fingerprint density at radius 1 is 1.30 bits per heavy atom. The van der Waals surface area contributed by atoms with Gasteiger partial charge in [0.25, 0.3) is 0 Å². The molecule has 0 radical (unpaired) electrons. The van der Waals surface area contributed by atoms with E-state index in [2.05, 4.69) is 0 Å². The van der Waals surface area contributed by atoms with E-state index in [9.17, 15) is 30.0 Å². The number of methoxy groups -OCH3 is 1. The van der Waals surface area contributed by atoms with Gasteiger partial charge in [0.2, 0.25) is 0 Å². The van der Waals surface area contributed by atoms with Crippen molar-refractivity contribution in [2.45, 2.75) is 110 Å². The van der Waals surface area contributed by atoms with Gasteiger partial charge in [0.05, 0.1) is 30.8 Å². The first-order valence-electron chi connectivity index (χ1n) is 13.3. The van der Waals surface area contributed by atoms with Crippen molar-refractivity contribution in [1.82, 2.24) is 0 Å². The van der Waals surface area contributed by atoms with Gasteiger partial charge in [-0.2, -0.15) is 0 Å². The number of cyclic esters (lactones) is 1. The minimum absolute atomic E-state index is 0.0190. The summed E-state index contributed by atoms with van der Waals surface area (Å²) in [7, 11) is 1.65. The molecule has 1 aliphatic rings. The number of hydrogen-bond donors (Lipinski definition) is 4. The second-order valence-electron chi connectivity index (χ2n) is 10.8. The van der Waals surface area contributed by atoms with E-state index in [0.29, 0.717) is 12.0 Å². The highest BCUT2D eigenvalue weighted by atomic mass is 16.5. The van der Waals surface area contributed by atoms with Gasteiger partial charge >= 0.3 is 5.97 Å². The van der Waals surface area contributed by atoms with Crippen molar-refractivity contribution in [2.24, 2.45) is 17.8 Å². The third kappa shape index (κ3) is 10.8. The van der Waals surface area contributed by atoms with Crippen molar-refractivity contribution in [3.8, 4) is 0 Å². The van der Waals surface area contributed by atoms with Gasteiger partial charge in [-0.1, -0.05) is 52.0 Å². The molecule has 0 saturated heterocycles. The Morgan fingerprint density at radius 2 is 1.95 bits per heavy atom. The highest BCUT2D eigenvalue weighted by Gasteiger charge is 2.31. The molecule has 1 rings (SSSR count). The zero-order chi connectivity index (χ0) is 28.3. The zero-order valence-electron chi connectivity index (χ0n) is 23.5. The molecule has 212 valence electrons. The molecule has 0 aromatic rings. The summed E-state index contributed by atoms with van der Waals surface area (Å²) < 4.78 is 11.1. The van der Waals surface area contributed by atoms with E-state index >= 15 is 0 Å². The molecule has 0 amide bonds. The molecule has 0 saturated carbocycles. The van der Waals surface area contributed by atoms with Gasteiger partial charge < -0.3 is 29.9 Å². The lowest BCUT2D eigenvalue weighted by Crippen LogP contribution is -2.36. The first-order chi connectivity index (χ1) is 17.2. The molecule has 0 aromatic carbocycles. The second-order valence-corrected chi connectivity index (χ2v) is 10.8. The molecule has 8 heteroatoms. The van der Waals surface area contributed by atoms with Crippen LogP contribution in [0.15, 0.2) is 36.0 Å². The fourth-order valence-electron chi connectivity index (χ4n) is 4.60. The summed E-state index contributed by atoms with van der Waals surface area (Å²) in [5, 5.41) is 41.7. The molecular weight excluding hydrogens is 476 g/mol. The fourth-order valence-corrected chi connectivity index (χ4v) is 4.60.